The number of aliphatic hydroxyl groups excluding tert-OH is 2. The van der Waals surface area contributed by atoms with Gasteiger partial charge in [-0.1, -0.05) is 23.7 Å². The molecule has 0 fully saturated rings. The molecule has 0 radical (unpaired) electrons. The number of amides is 1. The Kier molecular flexibility index (Phi) is 8.71. The minimum absolute atomic E-state index is 0.0112. The fraction of sp³-hybridized carbons (Fsp3) is 0.423. The number of hydrogen-bond donors (Lipinski definition) is 4. The number of benzene rings is 2. The summed E-state index contributed by atoms with van der Waals surface area (Å²) >= 11 is 6.27. The Balaban J connectivity index is 1.52. The maximum absolute atomic E-state index is 11.4. The van der Waals surface area contributed by atoms with Crippen LogP contribution >= 0.6 is 11.6 Å². The highest BCUT2D eigenvalue weighted by Crippen LogP contribution is 2.40. The average Bonchev–Trinajstić information content (AvgIpc) is 3.24. The molecule has 0 saturated carbocycles. The molecule has 3 atom stereocenters. The molecule has 10 heteroatoms. The summed E-state index contributed by atoms with van der Waals surface area (Å²) in [6.07, 6.45) is -1.77. The van der Waals surface area contributed by atoms with Gasteiger partial charge in [0.1, 0.15) is 18.5 Å². The summed E-state index contributed by atoms with van der Waals surface area (Å²) in [5.41, 5.74) is 4.11. The molecule has 0 spiro atoms. The van der Waals surface area contributed by atoms with Crippen LogP contribution < -0.4 is 10.1 Å². The maximum atomic E-state index is 11.4. The third kappa shape index (κ3) is 5.93. The smallest absolute Gasteiger partial charge is 0.407 e. The number of nitrogens with one attached hydrogen (secondary N) is 2. The minimum Gasteiger partial charge on any atom is -0.491 e. The third-order valence-electron chi connectivity index (χ3n) is 6.12. The number of aliphatic hydroxyl groups is 2. The molecular formula is C26H32ClN3O6. The maximum Gasteiger partial charge on any atom is 0.407 e. The van der Waals surface area contributed by atoms with Crippen molar-refractivity contribution in [1.82, 2.24) is 15.2 Å². The van der Waals surface area contributed by atoms with Crippen molar-refractivity contribution in [3.05, 3.63) is 64.3 Å². The fourth-order valence-electron chi connectivity index (χ4n) is 4.50. The second-order valence-electron chi connectivity index (χ2n) is 8.51. The number of fused-ring (bicyclic) bond motifs is 3. The Morgan fingerprint density at radius 3 is 2.69 bits per heavy atom. The quantitative estimate of drug-likeness (QED) is 0.304. The van der Waals surface area contributed by atoms with Gasteiger partial charge in [0.15, 0.2) is 0 Å². The summed E-state index contributed by atoms with van der Waals surface area (Å²) in [5.74, 6) is 0.574. The van der Waals surface area contributed by atoms with Crippen molar-refractivity contribution >= 4 is 28.6 Å². The lowest BCUT2D eigenvalue weighted by Gasteiger charge is -2.38. The van der Waals surface area contributed by atoms with Crippen LogP contribution in [0.5, 0.6) is 5.75 Å². The molecule has 3 aromatic rings. The molecule has 4 N–H and O–H groups in total. The van der Waals surface area contributed by atoms with Gasteiger partial charge in [-0.15, -0.1) is 0 Å². The normalized spacial score (nSPS) is 17.4. The van der Waals surface area contributed by atoms with Gasteiger partial charge in [0.05, 0.1) is 19.2 Å². The molecule has 1 aliphatic heterocycles. The van der Waals surface area contributed by atoms with Crippen molar-refractivity contribution < 1.29 is 29.2 Å². The van der Waals surface area contributed by atoms with Crippen LogP contribution in [0.15, 0.2) is 42.5 Å². The monoisotopic (exact) mass is 517 g/mol. The molecule has 1 aromatic heterocycles. The zero-order valence-corrected chi connectivity index (χ0v) is 21.1. The highest BCUT2D eigenvalue weighted by Gasteiger charge is 2.35. The van der Waals surface area contributed by atoms with E-state index in [0.717, 1.165) is 28.6 Å². The summed E-state index contributed by atoms with van der Waals surface area (Å²) < 4.78 is 16.0. The number of H-pyrrole nitrogens is 1. The van der Waals surface area contributed by atoms with Gasteiger partial charge in [-0.3, -0.25) is 0 Å². The molecule has 2 aromatic carbocycles. The van der Waals surface area contributed by atoms with Crippen LogP contribution in [0.2, 0.25) is 5.02 Å². The zero-order valence-electron chi connectivity index (χ0n) is 20.4. The van der Waals surface area contributed by atoms with E-state index in [9.17, 15) is 15.0 Å². The molecule has 0 bridgehead atoms. The Morgan fingerprint density at radius 2 is 1.97 bits per heavy atom. The SMILES string of the molecule is CCOC(=O)NCC(O)COc1ccc(C2c3[nH]c4ccc(Cl)cc4c3CCN2C(O)OCC)cc1. The van der Waals surface area contributed by atoms with E-state index >= 15 is 0 Å². The number of aromatic amines is 1. The van der Waals surface area contributed by atoms with Crippen LogP contribution in [-0.2, 0) is 15.9 Å². The first kappa shape index (κ1) is 26.2. The summed E-state index contributed by atoms with van der Waals surface area (Å²) in [7, 11) is 0. The highest BCUT2D eigenvalue weighted by molar-refractivity contribution is 6.31. The van der Waals surface area contributed by atoms with Crippen LogP contribution in [0, 0.1) is 0 Å². The lowest BCUT2D eigenvalue weighted by molar-refractivity contribution is -0.202. The molecular weight excluding hydrogens is 486 g/mol. The van der Waals surface area contributed by atoms with Crippen molar-refractivity contribution in [2.24, 2.45) is 0 Å². The second kappa shape index (κ2) is 11.9. The number of carbonyl (C=O) groups is 1. The Hall–Kier alpha value is -2.82. The first-order valence-electron chi connectivity index (χ1n) is 12.1. The van der Waals surface area contributed by atoms with E-state index in [2.05, 4.69) is 10.3 Å². The van der Waals surface area contributed by atoms with Gasteiger partial charge < -0.3 is 34.7 Å². The molecule has 194 valence electrons. The van der Waals surface area contributed by atoms with Gasteiger partial charge in [-0.05, 0) is 61.7 Å². The number of rotatable bonds is 10. The van der Waals surface area contributed by atoms with Crippen molar-refractivity contribution in [3.63, 3.8) is 0 Å². The number of nitrogens with zero attached hydrogens (tertiary/aromatic N) is 1. The molecule has 0 saturated heterocycles. The largest absolute Gasteiger partial charge is 0.491 e. The lowest BCUT2D eigenvalue weighted by atomic mass is 9.92. The predicted molar refractivity (Wildman–Crippen MR) is 136 cm³/mol. The van der Waals surface area contributed by atoms with Gasteiger partial charge in [-0.25, -0.2) is 9.69 Å². The van der Waals surface area contributed by atoms with Crippen molar-refractivity contribution in [3.8, 4) is 5.75 Å². The van der Waals surface area contributed by atoms with E-state index in [1.54, 1.807) is 6.92 Å². The van der Waals surface area contributed by atoms with Gasteiger partial charge in [-0.2, -0.15) is 0 Å². The molecule has 2 heterocycles. The Labute approximate surface area is 214 Å². The van der Waals surface area contributed by atoms with Crippen LogP contribution in [0.1, 0.15) is 36.7 Å². The Bertz CT molecular complexity index is 1170. The number of aromatic nitrogens is 1. The van der Waals surface area contributed by atoms with Crippen molar-refractivity contribution in [2.75, 3.05) is 32.9 Å². The zero-order chi connectivity index (χ0) is 25.7. The predicted octanol–water partition coefficient (Wildman–Crippen LogP) is 3.57. The van der Waals surface area contributed by atoms with E-state index in [1.807, 2.05) is 54.3 Å². The van der Waals surface area contributed by atoms with Gasteiger partial charge in [0.2, 0.25) is 6.41 Å². The van der Waals surface area contributed by atoms with Gasteiger partial charge >= 0.3 is 6.09 Å². The average molecular weight is 518 g/mol. The molecule has 4 rings (SSSR count). The topological polar surface area (TPSA) is 116 Å². The van der Waals surface area contributed by atoms with Crippen LogP contribution in [0.25, 0.3) is 10.9 Å². The summed E-state index contributed by atoms with van der Waals surface area (Å²) in [6.45, 7) is 4.85. The van der Waals surface area contributed by atoms with Crippen LogP contribution in [0.4, 0.5) is 4.79 Å². The number of halogens is 1. The number of ether oxygens (including phenoxy) is 3. The first-order valence-corrected chi connectivity index (χ1v) is 12.5. The standard InChI is InChI=1S/C26H32ClN3O6/c1-3-34-25(32)28-14-18(31)15-36-19-8-5-16(6-9-19)24-23-20(11-12-30(24)26(33)35-4-2)21-13-17(27)7-10-22(21)29-23/h5-10,13,18,24,26,29,31,33H,3-4,11-12,14-15H2,1-2H3,(H,28,32). The summed E-state index contributed by atoms with van der Waals surface area (Å²) in [4.78, 5) is 16.8. The molecule has 1 aliphatic rings. The molecule has 0 aliphatic carbocycles. The number of hydrogen-bond acceptors (Lipinski definition) is 7. The minimum atomic E-state index is -1.05. The molecule has 1 amide bonds. The van der Waals surface area contributed by atoms with Crippen molar-refractivity contribution in [2.45, 2.75) is 38.8 Å². The van der Waals surface area contributed by atoms with E-state index in [4.69, 9.17) is 25.8 Å². The van der Waals surface area contributed by atoms with E-state index in [1.165, 1.54) is 5.56 Å². The van der Waals surface area contributed by atoms with Crippen LogP contribution in [-0.4, -0.2) is 71.6 Å². The highest BCUT2D eigenvalue weighted by atomic mass is 35.5. The first-order chi connectivity index (χ1) is 17.4. The summed E-state index contributed by atoms with van der Waals surface area (Å²) in [5, 5.41) is 25.1. The second-order valence-corrected chi connectivity index (χ2v) is 8.95. The van der Waals surface area contributed by atoms with Crippen LogP contribution in [0.3, 0.4) is 0 Å². The van der Waals surface area contributed by atoms with Gasteiger partial charge in [0, 0.05) is 34.8 Å². The third-order valence-corrected chi connectivity index (χ3v) is 6.36. The number of carbonyl (C=O) groups excluding carboxylic acids is 1. The van der Waals surface area contributed by atoms with E-state index in [-0.39, 0.29) is 25.8 Å². The number of alkyl carbamates (subject to hydrolysis) is 1. The Morgan fingerprint density at radius 1 is 1.19 bits per heavy atom. The molecule has 3 unspecified atom stereocenters. The molecule has 36 heavy (non-hydrogen) atoms. The summed E-state index contributed by atoms with van der Waals surface area (Å²) in [6, 6.07) is 13.0. The fourth-order valence-corrected chi connectivity index (χ4v) is 4.67. The van der Waals surface area contributed by atoms with Crippen molar-refractivity contribution in [1.29, 1.82) is 0 Å². The van der Waals surface area contributed by atoms with E-state index in [0.29, 0.717) is 23.9 Å². The lowest BCUT2D eigenvalue weighted by Crippen LogP contribution is -2.44. The van der Waals surface area contributed by atoms with Gasteiger partial charge in [0.25, 0.3) is 0 Å². The molecule has 9 nitrogen and oxygen atoms in total. The van der Waals surface area contributed by atoms with E-state index < -0.39 is 18.6 Å².